The lowest BCUT2D eigenvalue weighted by Crippen LogP contribution is -2.21. The lowest BCUT2D eigenvalue weighted by Gasteiger charge is -2.09. The third-order valence-electron chi connectivity index (χ3n) is 4.19. The van der Waals surface area contributed by atoms with Gasteiger partial charge in [0.1, 0.15) is 11.5 Å². The standard InChI is InChI=1S/C24H20O6/c1-16-10-12-19(13-11-16)29-23(26)15-28-24(27)17(2)14-22(25)30-21-9-5-7-18-6-3-4-8-20(18)21/h3-13H,2,14-15H2,1H3. The zero-order chi connectivity index (χ0) is 21.5. The maximum atomic E-state index is 12.2. The number of esters is 3. The molecule has 0 aliphatic heterocycles. The van der Waals surface area contributed by atoms with E-state index in [9.17, 15) is 14.4 Å². The molecule has 0 aliphatic rings. The predicted octanol–water partition coefficient (Wildman–Crippen LogP) is 4.15. The summed E-state index contributed by atoms with van der Waals surface area (Å²) in [6, 6.07) is 19.7. The summed E-state index contributed by atoms with van der Waals surface area (Å²) in [6.07, 6.45) is -0.366. The van der Waals surface area contributed by atoms with Crippen molar-refractivity contribution in [3.63, 3.8) is 0 Å². The zero-order valence-electron chi connectivity index (χ0n) is 16.4. The van der Waals surface area contributed by atoms with E-state index in [0.29, 0.717) is 11.5 Å². The Kier molecular flexibility index (Phi) is 6.60. The number of hydrogen-bond acceptors (Lipinski definition) is 6. The van der Waals surface area contributed by atoms with Crippen LogP contribution in [0.25, 0.3) is 10.8 Å². The topological polar surface area (TPSA) is 78.9 Å². The van der Waals surface area contributed by atoms with E-state index in [-0.39, 0.29) is 12.0 Å². The Morgan fingerprint density at radius 1 is 0.833 bits per heavy atom. The van der Waals surface area contributed by atoms with Crippen molar-refractivity contribution >= 4 is 28.7 Å². The fraction of sp³-hybridized carbons (Fsp3) is 0.125. The summed E-state index contributed by atoms with van der Waals surface area (Å²) in [6.45, 7) is 4.86. The molecule has 0 radical (unpaired) electrons. The van der Waals surface area contributed by atoms with Crippen LogP contribution in [-0.4, -0.2) is 24.5 Å². The van der Waals surface area contributed by atoms with Crippen molar-refractivity contribution in [2.75, 3.05) is 6.61 Å². The van der Waals surface area contributed by atoms with Crippen LogP contribution in [0.5, 0.6) is 11.5 Å². The molecule has 6 nitrogen and oxygen atoms in total. The molecule has 0 atom stereocenters. The lowest BCUT2D eigenvalue weighted by atomic mass is 10.1. The van der Waals surface area contributed by atoms with Crippen LogP contribution in [-0.2, 0) is 19.1 Å². The monoisotopic (exact) mass is 404 g/mol. The van der Waals surface area contributed by atoms with Crippen LogP contribution in [0.1, 0.15) is 12.0 Å². The highest BCUT2D eigenvalue weighted by Crippen LogP contribution is 2.25. The van der Waals surface area contributed by atoms with Crippen molar-refractivity contribution in [3.8, 4) is 11.5 Å². The molecule has 0 aromatic heterocycles. The Morgan fingerprint density at radius 2 is 1.53 bits per heavy atom. The molecule has 0 saturated heterocycles. The van der Waals surface area contributed by atoms with Gasteiger partial charge >= 0.3 is 17.9 Å². The fourth-order valence-corrected chi connectivity index (χ4v) is 2.68. The van der Waals surface area contributed by atoms with Crippen LogP contribution in [0.2, 0.25) is 0 Å². The van der Waals surface area contributed by atoms with Crippen molar-refractivity contribution in [3.05, 3.63) is 84.4 Å². The second-order valence-corrected chi connectivity index (χ2v) is 6.59. The average molecular weight is 404 g/mol. The van der Waals surface area contributed by atoms with Crippen molar-refractivity contribution in [1.29, 1.82) is 0 Å². The van der Waals surface area contributed by atoms with Crippen molar-refractivity contribution in [2.24, 2.45) is 0 Å². The molecule has 0 fully saturated rings. The maximum Gasteiger partial charge on any atom is 0.349 e. The Labute approximate surface area is 173 Å². The predicted molar refractivity (Wildman–Crippen MR) is 111 cm³/mol. The first-order valence-corrected chi connectivity index (χ1v) is 9.23. The quantitative estimate of drug-likeness (QED) is 0.334. The van der Waals surface area contributed by atoms with E-state index in [1.54, 1.807) is 36.4 Å². The second-order valence-electron chi connectivity index (χ2n) is 6.59. The molecule has 0 bridgehead atoms. The number of fused-ring (bicyclic) bond motifs is 1. The molecule has 0 unspecified atom stereocenters. The highest BCUT2D eigenvalue weighted by Gasteiger charge is 2.17. The van der Waals surface area contributed by atoms with Gasteiger partial charge in [0, 0.05) is 11.0 Å². The number of aryl methyl sites for hydroxylation is 1. The second kappa shape index (κ2) is 9.52. The minimum absolute atomic E-state index is 0.122. The van der Waals surface area contributed by atoms with Crippen LogP contribution >= 0.6 is 0 Å². The molecule has 3 aromatic carbocycles. The molecule has 152 valence electrons. The third-order valence-corrected chi connectivity index (χ3v) is 4.19. The molecular formula is C24H20O6. The fourth-order valence-electron chi connectivity index (χ4n) is 2.68. The number of carbonyl (C=O) groups is 3. The summed E-state index contributed by atoms with van der Waals surface area (Å²) in [5, 5.41) is 1.70. The van der Waals surface area contributed by atoms with Gasteiger partial charge in [-0.2, -0.15) is 0 Å². The van der Waals surface area contributed by atoms with Gasteiger partial charge in [0.05, 0.1) is 6.42 Å². The van der Waals surface area contributed by atoms with E-state index in [1.807, 2.05) is 37.3 Å². The molecule has 0 aliphatic carbocycles. The van der Waals surface area contributed by atoms with Crippen LogP contribution in [0.15, 0.2) is 78.9 Å². The number of ether oxygens (including phenoxy) is 3. The summed E-state index contributed by atoms with van der Waals surface area (Å²) in [7, 11) is 0. The largest absolute Gasteiger partial charge is 0.450 e. The Morgan fingerprint density at radius 3 is 2.30 bits per heavy atom. The van der Waals surface area contributed by atoms with E-state index < -0.39 is 24.5 Å². The smallest absolute Gasteiger partial charge is 0.349 e. The minimum atomic E-state index is -0.870. The van der Waals surface area contributed by atoms with Gasteiger partial charge in [-0.25, -0.2) is 9.59 Å². The van der Waals surface area contributed by atoms with Gasteiger partial charge in [0.25, 0.3) is 0 Å². The van der Waals surface area contributed by atoms with E-state index in [4.69, 9.17) is 14.2 Å². The summed E-state index contributed by atoms with van der Waals surface area (Å²) < 4.78 is 15.3. The van der Waals surface area contributed by atoms with Crippen molar-refractivity contribution in [1.82, 2.24) is 0 Å². The Bertz CT molecular complexity index is 1090. The summed E-state index contributed by atoms with van der Waals surface area (Å²) in [4.78, 5) is 36.0. The first kappa shape index (κ1) is 20.8. The Hall–Kier alpha value is -3.93. The van der Waals surface area contributed by atoms with E-state index in [0.717, 1.165) is 16.3 Å². The van der Waals surface area contributed by atoms with E-state index in [1.165, 1.54) is 0 Å². The number of hydrogen-bond donors (Lipinski definition) is 0. The number of rotatable bonds is 7. The first-order valence-electron chi connectivity index (χ1n) is 9.23. The number of carbonyl (C=O) groups excluding carboxylic acids is 3. The van der Waals surface area contributed by atoms with E-state index in [2.05, 4.69) is 6.58 Å². The average Bonchev–Trinajstić information content (AvgIpc) is 2.74. The lowest BCUT2D eigenvalue weighted by molar-refractivity contribution is -0.151. The van der Waals surface area contributed by atoms with Crippen LogP contribution < -0.4 is 9.47 Å². The minimum Gasteiger partial charge on any atom is -0.450 e. The molecule has 0 heterocycles. The highest BCUT2D eigenvalue weighted by atomic mass is 16.6. The SMILES string of the molecule is C=C(CC(=O)Oc1cccc2ccccc12)C(=O)OCC(=O)Oc1ccc(C)cc1. The molecule has 3 aromatic rings. The van der Waals surface area contributed by atoms with Gasteiger partial charge in [-0.3, -0.25) is 4.79 Å². The zero-order valence-corrected chi connectivity index (χ0v) is 16.4. The van der Waals surface area contributed by atoms with Gasteiger partial charge in [-0.05, 0) is 30.5 Å². The molecule has 30 heavy (non-hydrogen) atoms. The van der Waals surface area contributed by atoms with Gasteiger partial charge in [0.15, 0.2) is 6.61 Å². The maximum absolute atomic E-state index is 12.2. The molecule has 0 spiro atoms. The molecule has 0 amide bonds. The summed E-state index contributed by atoms with van der Waals surface area (Å²) in [5.41, 5.74) is 0.899. The third kappa shape index (κ3) is 5.54. The van der Waals surface area contributed by atoms with E-state index >= 15 is 0 Å². The van der Waals surface area contributed by atoms with Crippen LogP contribution in [0, 0.1) is 6.92 Å². The Balaban J connectivity index is 1.48. The van der Waals surface area contributed by atoms with Crippen LogP contribution in [0.3, 0.4) is 0 Å². The van der Waals surface area contributed by atoms with Gasteiger partial charge in [-0.1, -0.05) is 60.7 Å². The van der Waals surface area contributed by atoms with Gasteiger partial charge in [0.2, 0.25) is 0 Å². The molecule has 0 saturated carbocycles. The molecule has 3 rings (SSSR count). The summed E-state index contributed by atoms with van der Waals surface area (Å²) in [5.74, 6) is -1.53. The van der Waals surface area contributed by atoms with Gasteiger partial charge in [-0.15, -0.1) is 0 Å². The highest BCUT2D eigenvalue weighted by molar-refractivity contribution is 5.96. The van der Waals surface area contributed by atoms with Crippen molar-refractivity contribution in [2.45, 2.75) is 13.3 Å². The first-order chi connectivity index (χ1) is 14.4. The molecule has 6 heteroatoms. The van der Waals surface area contributed by atoms with Gasteiger partial charge < -0.3 is 14.2 Å². The summed E-state index contributed by atoms with van der Waals surface area (Å²) >= 11 is 0. The van der Waals surface area contributed by atoms with Crippen molar-refractivity contribution < 1.29 is 28.6 Å². The molecule has 0 N–H and O–H groups in total. The normalized spacial score (nSPS) is 10.3. The molecular weight excluding hydrogens is 384 g/mol. The number of benzene rings is 3. The van der Waals surface area contributed by atoms with Crippen LogP contribution in [0.4, 0.5) is 0 Å².